The van der Waals surface area contributed by atoms with E-state index in [1.54, 1.807) is 12.3 Å². The van der Waals surface area contributed by atoms with E-state index in [2.05, 4.69) is 22.3 Å². The van der Waals surface area contributed by atoms with E-state index >= 15 is 0 Å². The van der Waals surface area contributed by atoms with Crippen LogP contribution in [0.3, 0.4) is 0 Å². The summed E-state index contributed by atoms with van der Waals surface area (Å²) in [5, 5.41) is 8.75. The number of piperidine rings is 1. The Morgan fingerprint density at radius 1 is 1.15 bits per heavy atom. The van der Waals surface area contributed by atoms with Gasteiger partial charge in [-0.2, -0.15) is 0 Å². The Balaban J connectivity index is 1.35. The van der Waals surface area contributed by atoms with Gasteiger partial charge in [-0.25, -0.2) is 9.48 Å². The van der Waals surface area contributed by atoms with Gasteiger partial charge in [0, 0.05) is 36.0 Å². The summed E-state index contributed by atoms with van der Waals surface area (Å²) in [6, 6.07) is 14.9. The number of para-hydroxylation sites is 1. The van der Waals surface area contributed by atoms with E-state index in [1.807, 2.05) is 49.4 Å². The molecule has 0 unspecified atom stereocenters. The van der Waals surface area contributed by atoms with Crippen molar-refractivity contribution in [1.82, 2.24) is 19.9 Å². The number of aromatic nitrogens is 3. The van der Waals surface area contributed by atoms with Crippen LogP contribution in [0.1, 0.15) is 34.5 Å². The van der Waals surface area contributed by atoms with Gasteiger partial charge in [-0.1, -0.05) is 23.4 Å². The maximum absolute atomic E-state index is 12.8. The first-order valence-electron chi connectivity index (χ1n) is 11.4. The van der Waals surface area contributed by atoms with Gasteiger partial charge in [-0.05, 0) is 57.1 Å². The highest BCUT2D eigenvalue weighted by atomic mass is 16.5. The number of likely N-dealkylation sites (tertiary alicyclic amines) is 1. The zero-order valence-electron chi connectivity index (χ0n) is 19.2. The monoisotopic (exact) mass is 458 g/mol. The Labute approximate surface area is 196 Å². The van der Waals surface area contributed by atoms with Gasteiger partial charge in [-0.15, -0.1) is 5.10 Å². The van der Waals surface area contributed by atoms with Crippen LogP contribution in [0.4, 0.5) is 0 Å². The number of fused-ring (bicyclic) bond motifs is 1. The SMILES string of the molecule is Cc1c(OC2CCN(C)CC2)ccc2cc(CC(=O)c3cn(-c4ccccc4)nn3)c(=O)oc12. The van der Waals surface area contributed by atoms with E-state index in [0.29, 0.717) is 5.58 Å². The zero-order chi connectivity index (χ0) is 23.7. The number of Topliss-reactive ketones (excluding diaryl/α,β-unsaturated/α-hetero) is 1. The van der Waals surface area contributed by atoms with Crippen LogP contribution in [-0.4, -0.2) is 51.9 Å². The minimum Gasteiger partial charge on any atom is -0.490 e. The first kappa shape index (κ1) is 22.0. The van der Waals surface area contributed by atoms with Crippen molar-refractivity contribution in [1.29, 1.82) is 0 Å². The summed E-state index contributed by atoms with van der Waals surface area (Å²) < 4.78 is 13.4. The lowest BCUT2D eigenvalue weighted by molar-refractivity contribution is 0.0987. The number of carbonyl (C=O) groups excluding carboxylic acids is 1. The van der Waals surface area contributed by atoms with Crippen LogP contribution in [0.15, 0.2) is 63.9 Å². The van der Waals surface area contributed by atoms with Crippen molar-refractivity contribution < 1.29 is 13.9 Å². The van der Waals surface area contributed by atoms with Crippen molar-refractivity contribution in [2.24, 2.45) is 0 Å². The normalized spacial score (nSPS) is 15.0. The molecule has 1 saturated heterocycles. The molecule has 0 radical (unpaired) electrons. The molecule has 0 atom stereocenters. The maximum Gasteiger partial charge on any atom is 0.339 e. The summed E-state index contributed by atoms with van der Waals surface area (Å²) in [4.78, 5) is 27.8. The Hall–Kier alpha value is -3.78. The average molecular weight is 459 g/mol. The lowest BCUT2D eigenvalue weighted by atomic mass is 10.0. The van der Waals surface area contributed by atoms with Crippen molar-refractivity contribution in [2.45, 2.75) is 32.3 Å². The van der Waals surface area contributed by atoms with Crippen LogP contribution in [0.25, 0.3) is 16.7 Å². The predicted octanol–water partition coefficient (Wildman–Crippen LogP) is 3.58. The van der Waals surface area contributed by atoms with Crippen LogP contribution in [-0.2, 0) is 6.42 Å². The first-order chi connectivity index (χ1) is 16.5. The molecule has 34 heavy (non-hydrogen) atoms. The summed E-state index contributed by atoms with van der Waals surface area (Å²) in [6.07, 6.45) is 3.54. The van der Waals surface area contributed by atoms with Gasteiger partial charge in [0.25, 0.3) is 0 Å². The molecule has 0 bridgehead atoms. The molecule has 1 aliphatic heterocycles. The second kappa shape index (κ2) is 9.23. The molecule has 174 valence electrons. The number of carbonyl (C=O) groups is 1. The average Bonchev–Trinajstić information content (AvgIpc) is 3.35. The third kappa shape index (κ3) is 4.49. The summed E-state index contributed by atoms with van der Waals surface area (Å²) in [7, 11) is 2.11. The van der Waals surface area contributed by atoms with E-state index in [4.69, 9.17) is 9.15 Å². The van der Waals surface area contributed by atoms with Crippen LogP contribution in [0, 0.1) is 6.92 Å². The summed E-state index contributed by atoms with van der Waals surface area (Å²) >= 11 is 0. The van der Waals surface area contributed by atoms with Crippen LogP contribution in [0.5, 0.6) is 5.75 Å². The van der Waals surface area contributed by atoms with E-state index in [-0.39, 0.29) is 29.6 Å². The summed E-state index contributed by atoms with van der Waals surface area (Å²) in [6.45, 7) is 3.90. The quantitative estimate of drug-likeness (QED) is 0.322. The molecule has 1 fully saturated rings. The number of hydrogen-bond acceptors (Lipinski definition) is 7. The van der Waals surface area contributed by atoms with E-state index < -0.39 is 5.63 Å². The number of aryl methyl sites for hydroxylation is 1. The van der Waals surface area contributed by atoms with Crippen molar-refractivity contribution in [3.05, 3.63) is 82.0 Å². The number of rotatable bonds is 6. The molecule has 8 nitrogen and oxygen atoms in total. The minimum absolute atomic E-state index is 0.112. The molecular formula is C26H26N4O4. The number of benzene rings is 2. The van der Waals surface area contributed by atoms with Crippen molar-refractivity contribution >= 4 is 16.8 Å². The molecule has 5 rings (SSSR count). The fourth-order valence-electron chi connectivity index (χ4n) is 4.24. The van der Waals surface area contributed by atoms with Gasteiger partial charge < -0.3 is 14.1 Å². The summed E-state index contributed by atoms with van der Waals surface area (Å²) in [5.41, 5.74) is 2.03. The van der Waals surface area contributed by atoms with Gasteiger partial charge >= 0.3 is 5.63 Å². The molecule has 1 aliphatic rings. The predicted molar refractivity (Wildman–Crippen MR) is 128 cm³/mol. The zero-order valence-corrected chi connectivity index (χ0v) is 19.2. The van der Waals surface area contributed by atoms with Gasteiger partial charge in [0.15, 0.2) is 5.78 Å². The van der Waals surface area contributed by atoms with Gasteiger partial charge in [0.1, 0.15) is 23.1 Å². The third-order valence-corrected chi connectivity index (χ3v) is 6.28. The fraction of sp³-hybridized carbons (Fsp3) is 0.308. The molecule has 0 saturated carbocycles. The molecule has 0 amide bonds. The van der Waals surface area contributed by atoms with E-state index in [9.17, 15) is 9.59 Å². The second-order valence-corrected chi connectivity index (χ2v) is 8.77. The molecule has 2 aromatic carbocycles. The van der Waals surface area contributed by atoms with Crippen LogP contribution < -0.4 is 10.4 Å². The van der Waals surface area contributed by atoms with E-state index in [0.717, 1.165) is 48.3 Å². The Morgan fingerprint density at radius 3 is 2.68 bits per heavy atom. The molecular weight excluding hydrogens is 432 g/mol. The van der Waals surface area contributed by atoms with Crippen molar-refractivity contribution in [2.75, 3.05) is 20.1 Å². The highest BCUT2D eigenvalue weighted by Gasteiger charge is 2.21. The first-order valence-corrected chi connectivity index (χ1v) is 11.4. The Morgan fingerprint density at radius 2 is 1.91 bits per heavy atom. The minimum atomic E-state index is -0.532. The number of nitrogens with zero attached hydrogens (tertiary/aromatic N) is 4. The number of ketones is 1. The van der Waals surface area contributed by atoms with Crippen LogP contribution in [0.2, 0.25) is 0 Å². The fourth-order valence-corrected chi connectivity index (χ4v) is 4.24. The van der Waals surface area contributed by atoms with Crippen molar-refractivity contribution in [3.8, 4) is 11.4 Å². The number of hydrogen-bond donors (Lipinski definition) is 0. The number of ether oxygens (including phenoxy) is 1. The molecule has 0 N–H and O–H groups in total. The Bertz CT molecular complexity index is 1390. The maximum atomic E-state index is 12.8. The van der Waals surface area contributed by atoms with Crippen molar-refractivity contribution in [3.63, 3.8) is 0 Å². The highest BCUT2D eigenvalue weighted by Crippen LogP contribution is 2.29. The smallest absolute Gasteiger partial charge is 0.339 e. The topological polar surface area (TPSA) is 90.5 Å². The van der Waals surface area contributed by atoms with E-state index in [1.165, 1.54) is 4.68 Å². The van der Waals surface area contributed by atoms with Gasteiger partial charge in [0.05, 0.1) is 11.9 Å². The largest absolute Gasteiger partial charge is 0.490 e. The Kier molecular flexibility index (Phi) is 5.98. The lowest BCUT2D eigenvalue weighted by Crippen LogP contribution is -2.35. The molecule has 4 aromatic rings. The molecule has 0 aliphatic carbocycles. The molecule has 3 heterocycles. The second-order valence-electron chi connectivity index (χ2n) is 8.77. The van der Waals surface area contributed by atoms with Crippen LogP contribution >= 0.6 is 0 Å². The molecule has 8 heteroatoms. The molecule has 2 aromatic heterocycles. The third-order valence-electron chi connectivity index (χ3n) is 6.28. The standard InChI is InChI=1S/C26H26N4O4/c1-17-24(33-21-10-12-29(2)13-11-21)9-8-18-14-19(26(32)34-25(17)18)15-23(31)22-16-30(28-27-22)20-6-4-3-5-7-20/h3-9,14,16,21H,10-13,15H2,1-2H3. The highest BCUT2D eigenvalue weighted by molar-refractivity contribution is 5.96. The van der Waals surface area contributed by atoms with Gasteiger partial charge in [-0.3, -0.25) is 4.79 Å². The summed E-state index contributed by atoms with van der Waals surface area (Å²) in [5.74, 6) is 0.430. The van der Waals surface area contributed by atoms with Gasteiger partial charge in [0.2, 0.25) is 0 Å². The molecule has 0 spiro atoms. The lowest BCUT2D eigenvalue weighted by Gasteiger charge is -2.29.